The normalized spacial score (nSPS) is 12.2. The Labute approximate surface area is 94.4 Å². The first-order valence-corrected chi connectivity index (χ1v) is 5.13. The topological polar surface area (TPSA) is 52.3 Å². The summed E-state index contributed by atoms with van der Waals surface area (Å²) >= 11 is 0. The summed E-state index contributed by atoms with van der Waals surface area (Å²) in [6.07, 6.45) is 0.581. The number of benzene rings is 1. The number of hydrogen-bond donors (Lipinski definition) is 1. The molecule has 0 radical (unpaired) electrons. The Hall–Kier alpha value is -1.42. The first-order chi connectivity index (χ1) is 7.56. The highest BCUT2D eigenvalue weighted by atomic mass is 19.1. The van der Waals surface area contributed by atoms with E-state index in [0.717, 1.165) is 0 Å². The predicted octanol–water partition coefficient (Wildman–Crippen LogP) is 2.09. The molecule has 0 saturated carbocycles. The van der Waals surface area contributed by atoms with Crippen LogP contribution in [-0.2, 0) is 9.53 Å². The fraction of sp³-hybridized carbons (Fsp3) is 0.417. The summed E-state index contributed by atoms with van der Waals surface area (Å²) in [6, 6.07) is 4.61. The minimum atomic E-state index is -0.473. The largest absolute Gasteiger partial charge is 0.469 e. The van der Waals surface area contributed by atoms with E-state index in [9.17, 15) is 9.18 Å². The lowest BCUT2D eigenvalue weighted by atomic mass is 10.0. The minimum Gasteiger partial charge on any atom is -0.469 e. The lowest BCUT2D eigenvalue weighted by Gasteiger charge is -2.13. The maximum absolute atomic E-state index is 13.7. The van der Waals surface area contributed by atoms with Crippen LogP contribution < -0.4 is 5.73 Å². The molecule has 0 amide bonds. The van der Waals surface area contributed by atoms with Gasteiger partial charge in [0.25, 0.3) is 0 Å². The van der Waals surface area contributed by atoms with Gasteiger partial charge in [-0.05, 0) is 18.9 Å². The van der Waals surface area contributed by atoms with Crippen molar-refractivity contribution in [2.75, 3.05) is 7.11 Å². The van der Waals surface area contributed by atoms with E-state index >= 15 is 0 Å². The van der Waals surface area contributed by atoms with Gasteiger partial charge in [-0.3, -0.25) is 4.79 Å². The van der Waals surface area contributed by atoms with Gasteiger partial charge in [0, 0.05) is 18.0 Å². The Bertz CT molecular complexity index is 379. The maximum Gasteiger partial charge on any atom is 0.305 e. The Morgan fingerprint density at radius 3 is 2.88 bits per heavy atom. The van der Waals surface area contributed by atoms with Crippen LogP contribution >= 0.6 is 0 Å². The van der Waals surface area contributed by atoms with Crippen LogP contribution in [0.2, 0.25) is 0 Å². The third-order valence-electron chi connectivity index (χ3n) is 2.51. The number of methoxy groups -OCH3 is 1. The van der Waals surface area contributed by atoms with Crippen molar-refractivity contribution in [3.05, 3.63) is 35.1 Å². The molecular formula is C12H16FNO2. The average Bonchev–Trinajstić information content (AvgIpc) is 2.29. The van der Waals surface area contributed by atoms with E-state index in [-0.39, 0.29) is 18.2 Å². The van der Waals surface area contributed by atoms with Crippen LogP contribution in [0.25, 0.3) is 0 Å². The highest BCUT2D eigenvalue weighted by Crippen LogP contribution is 2.21. The van der Waals surface area contributed by atoms with Crippen LogP contribution in [0.3, 0.4) is 0 Å². The first kappa shape index (κ1) is 12.6. The Morgan fingerprint density at radius 2 is 2.25 bits per heavy atom. The van der Waals surface area contributed by atoms with Gasteiger partial charge in [-0.1, -0.05) is 18.2 Å². The number of nitrogens with two attached hydrogens (primary N) is 1. The second-order valence-corrected chi connectivity index (χ2v) is 3.70. The molecule has 0 spiro atoms. The molecule has 0 fully saturated rings. The van der Waals surface area contributed by atoms with Crippen molar-refractivity contribution in [3.63, 3.8) is 0 Å². The van der Waals surface area contributed by atoms with Crippen LogP contribution in [0.15, 0.2) is 18.2 Å². The summed E-state index contributed by atoms with van der Waals surface area (Å²) in [4.78, 5) is 10.9. The van der Waals surface area contributed by atoms with E-state index in [1.807, 2.05) is 0 Å². The van der Waals surface area contributed by atoms with Crippen molar-refractivity contribution in [1.82, 2.24) is 0 Å². The molecule has 1 aromatic rings. The van der Waals surface area contributed by atoms with E-state index < -0.39 is 6.04 Å². The van der Waals surface area contributed by atoms with Crippen molar-refractivity contribution in [2.24, 2.45) is 5.73 Å². The predicted molar refractivity (Wildman–Crippen MR) is 59.3 cm³/mol. The van der Waals surface area contributed by atoms with Gasteiger partial charge >= 0.3 is 5.97 Å². The minimum absolute atomic E-state index is 0.199. The van der Waals surface area contributed by atoms with Gasteiger partial charge in [0.2, 0.25) is 0 Å². The van der Waals surface area contributed by atoms with Gasteiger partial charge in [-0.15, -0.1) is 0 Å². The fourth-order valence-electron chi connectivity index (χ4n) is 1.49. The molecule has 0 aliphatic rings. The van der Waals surface area contributed by atoms with Gasteiger partial charge in [0.15, 0.2) is 0 Å². The number of halogens is 1. The van der Waals surface area contributed by atoms with Crippen LogP contribution in [0.1, 0.15) is 30.0 Å². The van der Waals surface area contributed by atoms with E-state index in [0.29, 0.717) is 17.5 Å². The van der Waals surface area contributed by atoms with Crippen LogP contribution in [0, 0.1) is 12.7 Å². The molecule has 2 N–H and O–H groups in total. The van der Waals surface area contributed by atoms with Gasteiger partial charge in [-0.2, -0.15) is 0 Å². The number of ether oxygens (including phenoxy) is 1. The highest BCUT2D eigenvalue weighted by molar-refractivity contribution is 5.69. The van der Waals surface area contributed by atoms with Crippen molar-refractivity contribution in [3.8, 4) is 0 Å². The number of hydrogen-bond acceptors (Lipinski definition) is 3. The monoisotopic (exact) mass is 225 g/mol. The molecule has 0 bridgehead atoms. The van der Waals surface area contributed by atoms with E-state index in [1.165, 1.54) is 7.11 Å². The summed E-state index contributed by atoms with van der Waals surface area (Å²) in [7, 11) is 1.32. The zero-order chi connectivity index (χ0) is 12.1. The highest BCUT2D eigenvalue weighted by Gasteiger charge is 2.14. The third kappa shape index (κ3) is 3.03. The maximum atomic E-state index is 13.7. The van der Waals surface area contributed by atoms with Crippen LogP contribution in [0.5, 0.6) is 0 Å². The Kier molecular flexibility index (Phi) is 4.43. The van der Waals surface area contributed by atoms with Gasteiger partial charge in [0.05, 0.1) is 7.11 Å². The van der Waals surface area contributed by atoms with Crippen molar-refractivity contribution in [1.29, 1.82) is 0 Å². The van der Waals surface area contributed by atoms with E-state index in [4.69, 9.17) is 5.73 Å². The number of rotatable bonds is 4. The Balaban J connectivity index is 2.69. The standard InChI is InChI=1S/C12H16FNO2/c1-8-4-3-5-9(12(8)13)10(14)6-7-11(15)16-2/h3-5,10H,6-7,14H2,1-2H3. The molecule has 4 heteroatoms. The van der Waals surface area contributed by atoms with Gasteiger partial charge < -0.3 is 10.5 Å². The molecule has 1 atom stereocenters. The number of esters is 1. The van der Waals surface area contributed by atoms with Gasteiger partial charge in [0.1, 0.15) is 5.82 Å². The molecule has 16 heavy (non-hydrogen) atoms. The second-order valence-electron chi connectivity index (χ2n) is 3.70. The number of aryl methyl sites for hydroxylation is 1. The van der Waals surface area contributed by atoms with Crippen molar-refractivity contribution >= 4 is 5.97 Å². The lowest BCUT2D eigenvalue weighted by Crippen LogP contribution is -2.15. The molecule has 0 saturated heterocycles. The molecule has 0 aliphatic heterocycles. The summed E-state index contributed by atoms with van der Waals surface area (Å²) < 4.78 is 18.2. The zero-order valence-electron chi connectivity index (χ0n) is 9.50. The zero-order valence-corrected chi connectivity index (χ0v) is 9.50. The quantitative estimate of drug-likeness (QED) is 0.798. The van der Waals surface area contributed by atoms with E-state index in [2.05, 4.69) is 4.74 Å². The summed E-state index contributed by atoms with van der Waals surface area (Å²) in [6.45, 7) is 1.69. The third-order valence-corrected chi connectivity index (χ3v) is 2.51. The lowest BCUT2D eigenvalue weighted by molar-refractivity contribution is -0.140. The fourth-order valence-corrected chi connectivity index (χ4v) is 1.49. The number of carbonyl (C=O) groups is 1. The van der Waals surface area contributed by atoms with Crippen molar-refractivity contribution < 1.29 is 13.9 Å². The molecule has 1 unspecified atom stereocenters. The molecular weight excluding hydrogens is 209 g/mol. The van der Waals surface area contributed by atoms with Gasteiger partial charge in [-0.25, -0.2) is 4.39 Å². The summed E-state index contributed by atoms with van der Waals surface area (Å²) in [5.41, 5.74) is 6.83. The summed E-state index contributed by atoms with van der Waals surface area (Å²) in [5.74, 6) is -0.622. The summed E-state index contributed by atoms with van der Waals surface area (Å²) in [5, 5.41) is 0. The van der Waals surface area contributed by atoms with E-state index in [1.54, 1.807) is 25.1 Å². The number of carbonyl (C=O) groups excluding carboxylic acids is 1. The molecule has 88 valence electrons. The molecule has 0 aromatic heterocycles. The molecule has 0 aliphatic carbocycles. The molecule has 3 nitrogen and oxygen atoms in total. The SMILES string of the molecule is COC(=O)CCC(N)c1cccc(C)c1F. The molecule has 1 rings (SSSR count). The van der Waals surface area contributed by atoms with Crippen LogP contribution in [0.4, 0.5) is 4.39 Å². The first-order valence-electron chi connectivity index (χ1n) is 5.13. The molecule has 0 heterocycles. The second kappa shape index (κ2) is 5.61. The molecule has 1 aromatic carbocycles. The van der Waals surface area contributed by atoms with Crippen LogP contribution in [-0.4, -0.2) is 13.1 Å². The smallest absolute Gasteiger partial charge is 0.305 e. The Morgan fingerprint density at radius 1 is 1.56 bits per heavy atom. The van der Waals surface area contributed by atoms with Crippen molar-refractivity contribution in [2.45, 2.75) is 25.8 Å². The average molecular weight is 225 g/mol.